The van der Waals surface area contributed by atoms with Gasteiger partial charge in [0.1, 0.15) is 0 Å². The Morgan fingerprint density at radius 1 is 1.44 bits per heavy atom. The van der Waals surface area contributed by atoms with Crippen molar-refractivity contribution in [2.24, 2.45) is 5.92 Å². The van der Waals surface area contributed by atoms with Gasteiger partial charge in [0.25, 0.3) is 0 Å². The van der Waals surface area contributed by atoms with Crippen molar-refractivity contribution in [3.05, 3.63) is 0 Å². The van der Waals surface area contributed by atoms with E-state index in [1.54, 1.807) is 0 Å². The first-order valence-corrected chi connectivity index (χ1v) is 5.46. The van der Waals surface area contributed by atoms with Crippen molar-refractivity contribution in [3.63, 3.8) is 0 Å². The highest BCUT2D eigenvalue weighted by molar-refractivity contribution is 6.27. The molecule has 1 unspecified atom stereocenters. The van der Waals surface area contributed by atoms with E-state index in [0.717, 1.165) is 12.5 Å². The van der Waals surface area contributed by atoms with Gasteiger partial charge in [0, 0.05) is 6.61 Å². The predicted octanol–water partition coefficient (Wildman–Crippen LogP) is 1.57. The van der Waals surface area contributed by atoms with Gasteiger partial charge in [0.05, 0.1) is 0 Å². The Bertz CT molecular complexity index is 56.9. The fourth-order valence-corrected chi connectivity index (χ4v) is 1.90. The summed E-state index contributed by atoms with van der Waals surface area (Å²) in [6, 6.07) is 1.35. The summed E-state index contributed by atoms with van der Waals surface area (Å²) in [5.74, 6) is 0.892. The van der Waals surface area contributed by atoms with Crippen LogP contribution in [0.15, 0.2) is 0 Å². The maximum atomic E-state index is 5.34. The second-order valence-corrected chi connectivity index (χ2v) is 3.89. The van der Waals surface area contributed by atoms with Crippen molar-refractivity contribution in [1.82, 2.24) is 0 Å². The fraction of sp³-hybridized carbons (Fsp3) is 1.00. The van der Waals surface area contributed by atoms with E-state index in [1.165, 1.54) is 12.5 Å². The zero-order valence-electron chi connectivity index (χ0n) is 6.81. The van der Waals surface area contributed by atoms with Gasteiger partial charge in [-0.05, 0) is 18.9 Å². The van der Waals surface area contributed by atoms with Crippen LogP contribution in [-0.2, 0) is 4.43 Å². The highest BCUT2D eigenvalue weighted by Gasteiger charge is 1.97. The zero-order valence-corrected chi connectivity index (χ0v) is 8.23. The molecule has 0 aliphatic heterocycles. The highest BCUT2D eigenvalue weighted by Crippen LogP contribution is 2.05. The van der Waals surface area contributed by atoms with Gasteiger partial charge in [-0.3, -0.25) is 0 Å². The van der Waals surface area contributed by atoms with Crippen LogP contribution in [0.2, 0.25) is 6.04 Å². The molecule has 0 aliphatic carbocycles. The molecule has 1 nitrogen and oxygen atoms in total. The molecule has 56 valence electrons. The van der Waals surface area contributed by atoms with E-state index in [1.807, 2.05) is 0 Å². The van der Waals surface area contributed by atoms with Gasteiger partial charge in [0.15, 0.2) is 9.76 Å². The van der Waals surface area contributed by atoms with Crippen LogP contribution in [0.1, 0.15) is 27.2 Å². The molecule has 0 N–H and O–H groups in total. The first kappa shape index (κ1) is 9.18. The molecule has 0 bridgehead atoms. The molecular formula is C7H18OSi. The lowest BCUT2D eigenvalue weighted by atomic mass is 10.2. The summed E-state index contributed by atoms with van der Waals surface area (Å²) >= 11 is 0. The van der Waals surface area contributed by atoms with Gasteiger partial charge in [-0.2, -0.15) is 0 Å². The molecule has 9 heavy (non-hydrogen) atoms. The minimum absolute atomic E-state index is 0.147. The Hall–Kier alpha value is 0.177. The summed E-state index contributed by atoms with van der Waals surface area (Å²) in [4.78, 5) is 0. The van der Waals surface area contributed by atoms with Crippen LogP contribution in [0.25, 0.3) is 0 Å². The van der Waals surface area contributed by atoms with Crippen LogP contribution in [-0.4, -0.2) is 16.4 Å². The third kappa shape index (κ3) is 6.06. The molecule has 1 atom stereocenters. The Labute approximate surface area is 60.7 Å². The highest BCUT2D eigenvalue weighted by atomic mass is 28.2. The molecule has 0 aromatic carbocycles. The van der Waals surface area contributed by atoms with Gasteiger partial charge in [-0.25, -0.2) is 0 Å². The lowest BCUT2D eigenvalue weighted by Gasteiger charge is -2.05. The summed E-state index contributed by atoms with van der Waals surface area (Å²) in [5, 5.41) is 0. The molecule has 0 aliphatic rings. The average Bonchev–Trinajstić information content (AvgIpc) is 1.89. The Morgan fingerprint density at radius 3 is 2.56 bits per heavy atom. The molecule has 0 spiro atoms. The third-order valence-corrected chi connectivity index (χ3v) is 3.57. The SMILES string of the molecule is CCO[SiH2]CC(C)CC. The van der Waals surface area contributed by atoms with E-state index in [4.69, 9.17) is 4.43 Å². The quantitative estimate of drug-likeness (QED) is 0.422. The van der Waals surface area contributed by atoms with E-state index in [9.17, 15) is 0 Å². The number of hydrogen-bond donors (Lipinski definition) is 0. The summed E-state index contributed by atoms with van der Waals surface area (Å²) in [5.41, 5.74) is 0. The smallest absolute Gasteiger partial charge is 0.161 e. The van der Waals surface area contributed by atoms with E-state index in [0.29, 0.717) is 0 Å². The molecule has 2 heteroatoms. The van der Waals surface area contributed by atoms with Gasteiger partial charge in [0.2, 0.25) is 0 Å². The predicted molar refractivity (Wildman–Crippen MR) is 44.4 cm³/mol. The topological polar surface area (TPSA) is 9.23 Å². The van der Waals surface area contributed by atoms with Crippen LogP contribution in [0.3, 0.4) is 0 Å². The van der Waals surface area contributed by atoms with E-state index >= 15 is 0 Å². The lowest BCUT2D eigenvalue weighted by Crippen LogP contribution is -2.02. The summed E-state index contributed by atoms with van der Waals surface area (Å²) in [6.07, 6.45) is 1.31. The second-order valence-electron chi connectivity index (χ2n) is 2.50. The molecule has 0 rings (SSSR count). The molecule has 0 saturated carbocycles. The minimum Gasteiger partial charge on any atom is -0.424 e. The first-order chi connectivity index (χ1) is 4.31. The van der Waals surface area contributed by atoms with Gasteiger partial charge in [-0.15, -0.1) is 0 Å². The monoisotopic (exact) mass is 146 g/mol. The van der Waals surface area contributed by atoms with E-state index < -0.39 is 0 Å². The Morgan fingerprint density at radius 2 is 2.11 bits per heavy atom. The van der Waals surface area contributed by atoms with E-state index in [2.05, 4.69) is 20.8 Å². The molecule has 0 aromatic rings. The van der Waals surface area contributed by atoms with Crippen molar-refractivity contribution in [2.45, 2.75) is 33.2 Å². The Balaban J connectivity index is 2.88. The molecule has 0 heterocycles. The van der Waals surface area contributed by atoms with Crippen molar-refractivity contribution in [3.8, 4) is 0 Å². The lowest BCUT2D eigenvalue weighted by molar-refractivity contribution is 0.354. The molecule has 0 amide bonds. The summed E-state index contributed by atoms with van der Waals surface area (Å²) < 4.78 is 5.34. The van der Waals surface area contributed by atoms with Gasteiger partial charge < -0.3 is 4.43 Å². The number of hydrogen-bond acceptors (Lipinski definition) is 1. The van der Waals surface area contributed by atoms with Crippen LogP contribution in [0.5, 0.6) is 0 Å². The van der Waals surface area contributed by atoms with Gasteiger partial charge in [-0.1, -0.05) is 20.3 Å². The van der Waals surface area contributed by atoms with Gasteiger partial charge >= 0.3 is 0 Å². The molecule has 0 aromatic heterocycles. The zero-order chi connectivity index (χ0) is 7.11. The fourth-order valence-electron chi connectivity index (χ4n) is 0.633. The normalized spacial score (nSPS) is 15.0. The van der Waals surface area contributed by atoms with Crippen LogP contribution < -0.4 is 0 Å². The van der Waals surface area contributed by atoms with Crippen LogP contribution in [0.4, 0.5) is 0 Å². The minimum atomic E-state index is -0.147. The summed E-state index contributed by atoms with van der Waals surface area (Å²) in [6.45, 7) is 7.53. The van der Waals surface area contributed by atoms with Crippen molar-refractivity contribution >= 4 is 9.76 Å². The molecule has 0 saturated heterocycles. The Kier molecular flexibility index (Phi) is 6.42. The largest absolute Gasteiger partial charge is 0.424 e. The van der Waals surface area contributed by atoms with E-state index in [-0.39, 0.29) is 9.76 Å². The standard InChI is InChI=1S/C7H18OSi/c1-4-7(3)6-9-8-5-2/h7H,4-6,9H2,1-3H3. The van der Waals surface area contributed by atoms with Crippen LogP contribution >= 0.6 is 0 Å². The van der Waals surface area contributed by atoms with Crippen molar-refractivity contribution in [2.75, 3.05) is 6.61 Å². The van der Waals surface area contributed by atoms with Crippen molar-refractivity contribution in [1.29, 1.82) is 0 Å². The molecular weight excluding hydrogens is 128 g/mol. The second kappa shape index (κ2) is 6.30. The maximum Gasteiger partial charge on any atom is 0.161 e. The molecule has 0 fully saturated rings. The first-order valence-electron chi connectivity index (χ1n) is 3.89. The molecule has 0 radical (unpaired) electrons. The average molecular weight is 146 g/mol. The van der Waals surface area contributed by atoms with Crippen LogP contribution in [0, 0.1) is 5.92 Å². The number of rotatable bonds is 5. The summed E-state index contributed by atoms with van der Waals surface area (Å²) in [7, 11) is -0.147. The maximum absolute atomic E-state index is 5.34. The van der Waals surface area contributed by atoms with Crippen molar-refractivity contribution < 1.29 is 4.43 Å². The third-order valence-electron chi connectivity index (χ3n) is 1.66.